The second-order valence-electron chi connectivity index (χ2n) is 3.22. The Morgan fingerprint density at radius 1 is 1.62 bits per heavy atom. The summed E-state index contributed by atoms with van der Waals surface area (Å²) in [5.74, 6) is 1.27. The van der Waals surface area contributed by atoms with E-state index in [1.165, 1.54) is 0 Å². The molecule has 4 heteroatoms. The Balaban J connectivity index is 2.40. The van der Waals surface area contributed by atoms with Crippen LogP contribution in [0.1, 0.15) is 31.2 Å². The maximum atomic E-state index is 5.28. The van der Waals surface area contributed by atoms with Gasteiger partial charge in [0.15, 0.2) is 0 Å². The standard InChI is InChI=1S/C9H16N2O2/c1-7(2)9-5-8(11-13-9)6-12-4-3-10/h5,7H,3-4,6,10H2,1-2H3. The molecule has 1 rings (SSSR count). The second kappa shape index (κ2) is 4.99. The Bertz CT molecular complexity index is 246. The maximum Gasteiger partial charge on any atom is 0.139 e. The van der Waals surface area contributed by atoms with Gasteiger partial charge in [-0.15, -0.1) is 0 Å². The summed E-state index contributed by atoms with van der Waals surface area (Å²) in [6.45, 7) is 5.70. The fourth-order valence-corrected chi connectivity index (χ4v) is 0.928. The van der Waals surface area contributed by atoms with Crippen LogP contribution in [0, 0.1) is 0 Å². The SMILES string of the molecule is CC(C)c1cc(COCCN)no1. The topological polar surface area (TPSA) is 61.3 Å². The summed E-state index contributed by atoms with van der Waals surface area (Å²) < 4.78 is 10.3. The van der Waals surface area contributed by atoms with E-state index < -0.39 is 0 Å². The number of rotatable bonds is 5. The number of hydrogen-bond donors (Lipinski definition) is 1. The molecule has 74 valence electrons. The summed E-state index contributed by atoms with van der Waals surface area (Å²) in [6.07, 6.45) is 0. The molecular weight excluding hydrogens is 168 g/mol. The molecule has 0 saturated heterocycles. The predicted octanol–water partition coefficient (Wildman–Crippen LogP) is 1.27. The largest absolute Gasteiger partial charge is 0.374 e. The Morgan fingerprint density at radius 2 is 2.38 bits per heavy atom. The minimum atomic E-state index is 0.371. The lowest BCUT2D eigenvalue weighted by Crippen LogP contribution is -2.08. The molecule has 0 amide bonds. The van der Waals surface area contributed by atoms with Crippen molar-refractivity contribution in [2.45, 2.75) is 26.4 Å². The molecule has 0 aliphatic rings. The summed E-state index contributed by atoms with van der Waals surface area (Å²) in [5, 5.41) is 3.87. The molecule has 0 aliphatic heterocycles. The quantitative estimate of drug-likeness (QED) is 0.700. The molecular formula is C9H16N2O2. The molecule has 0 aromatic carbocycles. The van der Waals surface area contributed by atoms with Crippen molar-refractivity contribution in [1.29, 1.82) is 0 Å². The average Bonchev–Trinajstić information content (AvgIpc) is 2.53. The van der Waals surface area contributed by atoms with Crippen LogP contribution in [-0.2, 0) is 11.3 Å². The number of nitrogens with two attached hydrogens (primary N) is 1. The molecule has 1 heterocycles. The van der Waals surface area contributed by atoms with Crippen molar-refractivity contribution in [3.05, 3.63) is 17.5 Å². The van der Waals surface area contributed by atoms with Gasteiger partial charge in [-0.3, -0.25) is 0 Å². The Hall–Kier alpha value is -0.870. The van der Waals surface area contributed by atoms with E-state index in [0.717, 1.165) is 11.5 Å². The highest BCUT2D eigenvalue weighted by molar-refractivity contribution is 5.07. The first-order valence-electron chi connectivity index (χ1n) is 4.47. The molecule has 0 radical (unpaired) electrons. The highest BCUT2D eigenvalue weighted by atomic mass is 16.5. The molecule has 0 spiro atoms. The maximum absolute atomic E-state index is 5.28. The van der Waals surface area contributed by atoms with E-state index in [1.54, 1.807) is 0 Å². The Labute approximate surface area is 78.0 Å². The molecule has 4 nitrogen and oxygen atoms in total. The molecule has 1 aromatic heterocycles. The van der Waals surface area contributed by atoms with Gasteiger partial charge in [-0.2, -0.15) is 0 Å². The zero-order valence-electron chi connectivity index (χ0n) is 8.12. The van der Waals surface area contributed by atoms with Gasteiger partial charge in [0, 0.05) is 18.5 Å². The molecule has 0 bridgehead atoms. The normalized spacial score (nSPS) is 11.1. The number of ether oxygens (including phenoxy) is 1. The van der Waals surface area contributed by atoms with Crippen LogP contribution in [0.2, 0.25) is 0 Å². The van der Waals surface area contributed by atoms with Crippen molar-refractivity contribution in [3.8, 4) is 0 Å². The van der Waals surface area contributed by atoms with E-state index in [0.29, 0.717) is 25.7 Å². The van der Waals surface area contributed by atoms with Crippen molar-refractivity contribution in [1.82, 2.24) is 5.16 Å². The third-order valence-electron chi connectivity index (χ3n) is 1.66. The first-order valence-corrected chi connectivity index (χ1v) is 4.47. The first kappa shape index (κ1) is 10.2. The van der Waals surface area contributed by atoms with Gasteiger partial charge < -0.3 is 15.0 Å². The van der Waals surface area contributed by atoms with E-state index in [2.05, 4.69) is 19.0 Å². The van der Waals surface area contributed by atoms with Gasteiger partial charge in [0.25, 0.3) is 0 Å². The molecule has 0 unspecified atom stereocenters. The van der Waals surface area contributed by atoms with Crippen LogP contribution in [0.25, 0.3) is 0 Å². The van der Waals surface area contributed by atoms with Gasteiger partial charge in [0.1, 0.15) is 11.5 Å². The molecule has 13 heavy (non-hydrogen) atoms. The first-order chi connectivity index (χ1) is 6.24. The van der Waals surface area contributed by atoms with Crippen molar-refractivity contribution in [2.75, 3.05) is 13.2 Å². The monoisotopic (exact) mass is 184 g/mol. The zero-order valence-corrected chi connectivity index (χ0v) is 8.12. The molecule has 0 fully saturated rings. The van der Waals surface area contributed by atoms with Crippen LogP contribution in [0.4, 0.5) is 0 Å². The van der Waals surface area contributed by atoms with Gasteiger partial charge in [-0.1, -0.05) is 19.0 Å². The van der Waals surface area contributed by atoms with Gasteiger partial charge >= 0.3 is 0 Å². The van der Waals surface area contributed by atoms with Crippen LogP contribution in [0.5, 0.6) is 0 Å². The summed E-state index contributed by atoms with van der Waals surface area (Å²) in [6, 6.07) is 1.92. The van der Waals surface area contributed by atoms with Crippen LogP contribution >= 0.6 is 0 Å². The zero-order chi connectivity index (χ0) is 9.68. The van der Waals surface area contributed by atoms with Gasteiger partial charge in [0.05, 0.1) is 13.2 Å². The van der Waals surface area contributed by atoms with Crippen LogP contribution < -0.4 is 5.73 Å². The highest BCUT2D eigenvalue weighted by Crippen LogP contribution is 2.15. The average molecular weight is 184 g/mol. The molecule has 0 saturated carbocycles. The highest BCUT2D eigenvalue weighted by Gasteiger charge is 2.07. The van der Waals surface area contributed by atoms with E-state index in [1.807, 2.05) is 6.07 Å². The second-order valence-corrected chi connectivity index (χ2v) is 3.22. The summed E-state index contributed by atoms with van der Waals surface area (Å²) >= 11 is 0. The third-order valence-corrected chi connectivity index (χ3v) is 1.66. The molecule has 0 aliphatic carbocycles. The summed E-state index contributed by atoms with van der Waals surface area (Å²) in [4.78, 5) is 0. The summed E-state index contributed by atoms with van der Waals surface area (Å²) in [5.41, 5.74) is 6.11. The van der Waals surface area contributed by atoms with Gasteiger partial charge in [-0.05, 0) is 0 Å². The lowest BCUT2D eigenvalue weighted by Gasteiger charge is -1.96. The number of hydrogen-bond acceptors (Lipinski definition) is 4. The minimum Gasteiger partial charge on any atom is -0.374 e. The van der Waals surface area contributed by atoms with Crippen molar-refractivity contribution in [3.63, 3.8) is 0 Å². The lowest BCUT2D eigenvalue weighted by atomic mass is 10.1. The molecule has 2 N–H and O–H groups in total. The van der Waals surface area contributed by atoms with E-state index in [4.69, 9.17) is 15.0 Å². The van der Waals surface area contributed by atoms with Crippen molar-refractivity contribution >= 4 is 0 Å². The molecule has 0 atom stereocenters. The van der Waals surface area contributed by atoms with Gasteiger partial charge in [0.2, 0.25) is 0 Å². The minimum absolute atomic E-state index is 0.371. The summed E-state index contributed by atoms with van der Waals surface area (Å²) in [7, 11) is 0. The van der Waals surface area contributed by atoms with E-state index in [9.17, 15) is 0 Å². The van der Waals surface area contributed by atoms with Gasteiger partial charge in [-0.25, -0.2) is 0 Å². The lowest BCUT2D eigenvalue weighted by molar-refractivity contribution is 0.122. The Morgan fingerprint density at radius 3 is 2.92 bits per heavy atom. The molecule has 1 aromatic rings. The fourth-order valence-electron chi connectivity index (χ4n) is 0.928. The van der Waals surface area contributed by atoms with Crippen molar-refractivity contribution < 1.29 is 9.26 Å². The Kier molecular flexibility index (Phi) is 3.92. The number of nitrogens with zero attached hydrogens (tertiary/aromatic N) is 1. The smallest absolute Gasteiger partial charge is 0.139 e. The van der Waals surface area contributed by atoms with Crippen LogP contribution in [0.15, 0.2) is 10.6 Å². The number of aromatic nitrogens is 1. The van der Waals surface area contributed by atoms with E-state index >= 15 is 0 Å². The predicted molar refractivity (Wildman–Crippen MR) is 49.3 cm³/mol. The van der Waals surface area contributed by atoms with E-state index in [-0.39, 0.29) is 0 Å². The fraction of sp³-hybridized carbons (Fsp3) is 0.667. The van der Waals surface area contributed by atoms with Crippen LogP contribution in [-0.4, -0.2) is 18.3 Å². The van der Waals surface area contributed by atoms with Crippen molar-refractivity contribution in [2.24, 2.45) is 5.73 Å². The van der Waals surface area contributed by atoms with Crippen LogP contribution in [0.3, 0.4) is 0 Å². The third kappa shape index (κ3) is 3.16.